The molecule has 0 radical (unpaired) electrons. The summed E-state index contributed by atoms with van der Waals surface area (Å²) >= 11 is 0. The number of nitrogens with one attached hydrogen (secondary N) is 2. The van der Waals surface area contributed by atoms with Gasteiger partial charge in [0, 0.05) is 25.6 Å². The molecule has 0 aromatic heterocycles. The van der Waals surface area contributed by atoms with Crippen LogP contribution >= 0.6 is 0 Å². The lowest BCUT2D eigenvalue weighted by molar-refractivity contribution is -0.122. The fourth-order valence-electron chi connectivity index (χ4n) is 4.53. The van der Waals surface area contributed by atoms with Gasteiger partial charge in [-0.25, -0.2) is 0 Å². The van der Waals surface area contributed by atoms with Gasteiger partial charge in [-0.2, -0.15) is 0 Å². The van der Waals surface area contributed by atoms with Crippen LogP contribution in [-0.4, -0.2) is 36.5 Å². The molecule has 27 heavy (non-hydrogen) atoms. The predicted molar refractivity (Wildman–Crippen MR) is 111 cm³/mol. The van der Waals surface area contributed by atoms with E-state index in [-0.39, 0.29) is 5.91 Å². The molecule has 2 aliphatic heterocycles. The van der Waals surface area contributed by atoms with Gasteiger partial charge in [0.15, 0.2) is 0 Å². The number of carbonyl (C=O) groups is 1. The highest BCUT2D eigenvalue weighted by Gasteiger charge is 2.22. The first-order valence-corrected chi connectivity index (χ1v) is 10.9. The fourth-order valence-corrected chi connectivity index (χ4v) is 4.53. The second-order valence-electron chi connectivity index (χ2n) is 8.68. The highest BCUT2D eigenvalue weighted by molar-refractivity contribution is 5.76. The predicted octanol–water partition coefficient (Wildman–Crippen LogP) is 3.70. The monoisotopic (exact) mass is 371 g/mol. The smallest absolute Gasteiger partial charge is 0.220 e. The van der Waals surface area contributed by atoms with Crippen molar-refractivity contribution in [3.63, 3.8) is 0 Å². The first-order valence-electron chi connectivity index (χ1n) is 10.9. The van der Waals surface area contributed by atoms with Crippen LogP contribution in [0.2, 0.25) is 0 Å². The number of nitrogens with zero attached hydrogens (tertiary/aromatic N) is 1. The van der Waals surface area contributed by atoms with E-state index in [1.807, 2.05) is 0 Å². The topological polar surface area (TPSA) is 44.4 Å². The Bertz CT molecular complexity index is 580. The van der Waals surface area contributed by atoms with E-state index in [1.54, 1.807) is 0 Å². The number of carbonyl (C=O) groups excluding carboxylic acids is 1. The Labute approximate surface area is 165 Å². The van der Waals surface area contributed by atoms with E-state index in [2.05, 4.69) is 53.6 Å². The Kier molecular flexibility index (Phi) is 7.71. The van der Waals surface area contributed by atoms with Crippen molar-refractivity contribution < 1.29 is 4.79 Å². The van der Waals surface area contributed by atoms with Gasteiger partial charge in [0.2, 0.25) is 5.91 Å². The largest absolute Gasteiger partial charge is 0.352 e. The van der Waals surface area contributed by atoms with Crippen LogP contribution in [0.25, 0.3) is 0 Å². The van der Waals surface area contributed by atoms with Gasteiger partial charge in [-0.05, 0) is 75.2 Å². The minimum atomic E-state index is 0.187. The van der Waals surface area contributed by atoms with Crippen LogP contribution in [0.15, 0.2) is 24.3 Å². The lowest BCUT2D eigenvalue weighted by atomic mass is 9.84. The van der Waals surface area contributed by atoms with Gasteiger partial charge < -0.3 is 10.6 Å². The summed E-state index contributed by atoms with van der Waals surface area (Å²) in [4.78, 5) is 14.9. The van der Waals surface area contributed by atoms with Crippen molar-refractivity contribution in [3.05, 3.63) is 35.4 Å². The summed E-state index contributed by atoms with van der Waals surface area (Å²) < 4.78 is 0. The van der Waals surface area contributed by atoms with Gasteiger partial charge in [-0.3, -0.25) is 9.69 Å². The van der Waals surface area contributed by atoms with E-state index in [9.17, 15) is 4.79 Å². The minimum absolute atomic E-state index is 0.187. The van der Waals surface area contributed by atoms with E-state index in [0.717, 1.165) is 19.6 Å². The van der Waals surface area contributed by atoms with Crippen LogP contribution in [0.5, 0.6) is 0 Å². The SMILES string of the molecule is CC(CC(=O)NCc1ccc(CN2CCCCC2C)cc1)C1CCNCC1. The van der Waals surface area contributed by atoms with Crippen LogP contribution in [0.1, 0.15) is 63.5 Å². The molecule has 0 aliphatic carbocycles. The summed E-state index contributed by atoms with van der Waals surface area (Å²) in [6, 6.07) is 9.47. The average molecular weight is 372 g/mol. The van der Waals surface area contributed by atoms with Crippen molar-refractivity contribution in [2.24, 2.45) is 11.8 Å². The molecule has 2 N–H and O–H groups in total. The number of hydrogen-bond acceptors (Lipinski definition) is 3. The number of piperidine rings is 2. The van der Waals surface area contributed by atoms with E-state index < -0.39 is 0 Å². The zero-order valence-electron chi connectivity index (χ0n) is 17.2. The second-order valence-corrected chi connectivity index (χ2v) is 8.68. The maximum absolute atomic E-state index is 12.3. The van der Waals surface area contributed by atoms with Gasteiger partial charge in [-0.1, -0.05) is 37.6 Å². The molecule has 1 aromatic rings. The van der Waals surface area contributed by atoms with Crippen molar-refractivity contribution >= 4 is 5.91 Å². The summed E-state index contributed by atoms with van der Waals surface area (Å²) in [5.74, 6) is 1.35. The van der Waals surface area contributed by atoms with E-state index in [0.29, 0.717) is 30.8 Å². The third-order valence-corrected chi connectivity index (χ3v) is 6.53. The Morgan fingerprint density at radius 3 is 2.56 bits per heavy atom. The Morgan fingerprint density at radius 2 is 1.85 bits per heavy atom. The molecule has 4 heteroatoms. The lowest BCUT2D eigenvalue weighted by Gasteiger charge is -2.33. The molecule has 2 saturated heterocycles. The summed E-state index contributed by atoms with van der Waals surface area (Å²) in [5, 5.41) is 6.51. The molecule has 0 bridgehead atoms. The molecule has 0 saturated carbocycles. The number of likely N-dealkylation sites (tertiary alicyclic amines) is 1. The summed E-state index contributed by atoms with van der Waals surface area (Å²) in [6.07, 6.45) is 7.06. The minimum Gasteiger partial charge on any atom is -0.352 e. The van der Waals surface area contributed by atoms with Gasteiger partial charge in [0.25, 0.3) is 0 Å². The molecule has 150 valence electrons. The molecule has 0 spiro atoms. The quantitative estimate of drug-likeness (QED) is 0.768. The molecule has 2 aliphatic rings. The van der Waals surface area contributed by atoms with Gasteiger partial charge in [0.05, 0.1) is 0 Å². The van der Waals surface area contributed by atoms with Crippen molar-refractivity contribution in [1.82, 2.24) is 15.5 Å². The molecule has 2 fully saturated rings. The van der Waals surface area contributed by atoms with Crippen molar-refractivity contribution in [2.45, 2.75) is 71.5 Å². The van der Waals surface area contributed by atoms with Crippen LogP contribution in [0.3, 0.4) is 0 Å². The third kappa shape index (κ3) is 6.32. The van der Waals surface area contributed by atoms with Crippen molar-refractivity contribution in [1.29, 1.82) is 0 Å². The number of amides is 1. The molecule has 1 aromatic carbocycles. The van der Waals surface area contributed by atoms with Crippen LogP contribution in [0.4, 0.5) is 0 Å². The molecule has 4 nitrogen and oxygen atoms in total. The number of hydrogen-bond donors (Lipinski definition) is 2. The standard InChI is InChI=1S/C23H37N3O/c1-18(22-10-12-24-13-11-22)15-23(27)25-16-20-6-8-21(9-7-20)17-26-14-4-3-5-19(26)2/h6-9,18-19,22,24H,3-5,10-17H2,1-2H3,(H,25,27). The molecule has 1 amide bonds. The first-order chi connectivity index (χ1) is 13.1. The summed E-state index contributed by atoms with van der Waals surface area (Å²) in [7, 11) is 0. The van der Waals surface area contributed by atoms with Gasteiger partial charge in [0.1, 0.15) is 0 Å². The highest BCUT2D eigenvalue weighted by atomic mass is 16.1. The zero-order chi connectivity index (χ0) is 19.1. The van der Waals surface area contributed by atoms with Crippen LogP contribution in [-0.2, 0) is 17.9 Å². The van der Waals surface area contributed by atoms with Gasteiger partial charge in [-0.15, -0.1) is 0 Å². The molecule has 2 unspecified atom stereocenters. The normalized spacial score (nSPS) is 23.1. The lowest BCUT2D eigenvalue weighted by Crippen LogP contribution is -2.36. The average Bonchev–Trinajstić information content (AvgIpc) is 2.70. The van der Waals surface area contributed by atoms with Crippen LogP contribution < -0.4 is 10.6 Å². The Morgan fingerprint density at radius 1 is 1.15 bits per heavy atom. The Balaban J connectivity index is 1.40. The first kappa shape index (κ1) is 20.3. The number of benzene rings is 1. The third-order valence-electron chi connectivity index (χ3n) is 6.53. The Hall–Kier alpha value is -1.39. The van der Waals surface area contributed by atoms with Crippen molar-refractivity contribution in [3.8, 4) is 0 Å². The maximum atomic E-state index is 12.3. The molecule has 2 atom stereocenters. The molecular formula is C23H37N3O. The van der Waals surface area contributed by atoms with E-state index >= 15 is 0 Å². The molecular weight excluding hydrogens is 334 g/mol. The van der Waals surface area contributed by atoms with Gasteiger partial charge >= 0.3 is 0 Å². The van der Waals surface area contributed by atoms with E-state index in [4.69, 9.17) is 0 Å². The summed E-state index contributed by atoms with van der Waals surface area (Å²) in [5.41, 5.74) is 2.56. The fraction of sp³-hybridized carbons (Fsp3) is 0.696. The summed E-state index contributed by atoms with van der Waals surface area (Å²) in [6.45, 7) is 9.66. The number of rotatable bonds is 7. The second kappa shape index (κ2) is 10.2. The zero-order valence-corrected chi connectivity index (χ0v) is 17.2. The molecule has 3 rings (SSSR count). The van der Waals surface area contributed by atoms with Crippen LogP contribution in [0, 0.1) is 11.8 Å². The van der Waals surface area contributed by atoms with Crippen molar-refractivity contribution in [2.75, 3.05) is 19.6 Å². The highest BCUT2D eigenvalue weighted by Crippen LogP contribution is 2.24. The molecule has 2 heterocycles. The van der Waals surface area contributed by atoms with E-state index in [1.165, 1.54) is 49.8 Å². The maximum Gasteiger partial charge on any atom is 0.220 e.